The fourth-order valence-electron chi connectivity index (χ4n) is 3.15. The first-order valence-corrected chi connectivity index (χ1v) is 10.1. The topological polar surface area (TPSA) is 76.0 Å². The van der Waals surface area contributed by atoms with Crippen LogP contribution in [-0.4, -0.2) is 21.6 Å². The predicted octanol–water partition coefficient (Wildman–Crippen LogP) is 5.24. The average Bonchev–Trinajstić information content (AvgIpc) is 2.94. The van der Waals surface area contributed by atoms with Crippen molar-refractivity contribution in [3.63, 3.8) is 0 Å². The third-order valence-electron chi connectivity index (χ3n) is 4.74. The number of amides is 2. The van der Waals surface area contributed by atoms with E-state index in [0.29, 0.717) is 21.4 Å². The van der Waals surface area contributed by atoms with Crippen molar-refractivity contribution in [1.29, 1.82) is 0 Å². The Morgan fingerprint density at radius 3 is 2.40 bits per heavy atom. The maximum atomic E-state index is 12.7. The molecule has 0 saturated heterocycles. The van der Waals surface area contributed by atoms with Crippen LogP contribution in [0.1, 0.15) is 29.4 Å². The lowest BCUT2D eigenvalue weighted by Gasteiger charge is -2.10. The second kappa shape index (κ2) is 8.90. The summed E-state index contributed by atoms with van der Waals surface area (Å²) in [5.74, 6) is -0.436. The molecule has 3 rings (SSSR count). The molecule has 3 aromatic rings. The lowest BCUT2D eigenvalue weighted by atomic mass is 10.1. The van der Waals surface area contributed by atoms with Crippen molar-refractivity contribution in [2.75, 3.05) is 10.6 Å². The Balaban J connectivity index is 1.82. The van der Waals surface area contributed by atoms with Crippen LogP contribution in [0, 0.1) is 20.8 Å². The van der Waals surface area contributed by atoms with Gasteiger partial charge in [0.05, 0.1) is 28.5 Å². The first kappa shape index (κ1) is 21.9. The highest BCUT2D eigenvalue weighted by atomic mass is 35.5. The molecule has 2 N–H and O–H groups in total. The Hall–Kier alpha value is -2.83. The summed E-state index contributed by atoms with van der Waals surface area (Å²) in [5, 5.41) is 11.1. The normalized spacial score (nSPS) is 10.7. The standard InChI is InChI=1S/C22H22Cl2N4O2/c1-12-5-7-17(10-20(12)24)28-14(3)18(13(2)27-28)11-22(30)26-21-9-16(25-15(4)29)6-8-19(21)23/h5-10H,11H2,1-4H3,(H,25,29)(H,26,30). The summed E-state index contributed by atoms with van der Waals surface area (Å²) in [6, 6.07) is 10.7. The molecule has 0 unspecified atom stereocenters. The van der Waals surface area contributed by atoms with E-state index >= 15 is 0 Å². The van der Waals surface area contributed by atoms with Crippen LogP contribution >= 0.6 is 23.2 Å². The van der Waals surface area contributed by atoms with E-state index in [-0.39, 0.29) is 18.2 Å². The van der Waals surface area contributed by atoms with Crippen LogP contribution in [0.5, 0.6) is 0 Å². The van der Waals surface area contributed by atoms with E-state index in [1.165, 1.54) is 6.92 Å². The van der Waals surface area contributed by atoms with Gasteiger partial charge >= 0.3 is 0 Å². The zero-order chi connectivity index (χ0) is 22.0. The molecule has 0 fully saturated rings. The number of aryl methyl sites for hydroxylation is 2. The van der Waals surface area contributed by atoms with E-state index in [4.69, 9.17) is 23.2 Å². The molecule has 1 heterocycles. The molecule has 0 aliphatic heterocycles. The number of anilines is 2. The molecule has 6 nitrogen and oxygen atoms in total. The van der Waals surface area contributed by atoms with Crippen LogP contribution in [-0.2, 0) is 16.0 Å². The molecule has 2 aromatic carbocycles. The van der Waals surface area contributed by atoms with E-state index in [1.807, 2.05) is 39.0 Å². The number of halogens is 2. The maximum Gasteiger partial charge on any atom is 0.228 e. The van der Waals surface area contributed by atoms with Crippen LogP contribution in [0.3, 0.4) is 0 Å². The van der Waals surface area contributed by atoms with Crippen molar-refractivity contribution in [2.24, 2.45) is 0 Å². The monoisotopic (exact) mass is 444 g/mol. The van der Waals surface area contributed by atoms with Crippen molar-refractivity contribution < 1.29 is 9.59 Å². The van der Waals surface area contributed by atoms with Gasteiger partial charge in [0.15, 0.2) is 0 Å². The highest BCUT2D eigenvalue weighted by Gasteiger charge is 2.17. The van der Waals surface area contributed by atoms with Crippen LogP contribution in [0.2, 0.25) is 10.0 Å². The Labute approximate surface area is 185 Å². The van der Waals surface area contributed by atoms with Gasteiger partial charge in [-0.25, -0.2) is 4.68 Å². The highest BCUT2D eigenvalue weighted by molar-refractivity contribution is 6.34. The summed E-state index contributed by atoms with van der Waals surface area (Å²) in [4.78, 5) is 24.0. The summed E-state index contributed by atoms with van der Waals surface area (Å²) in [5.41, 5.74) is 5.26. The Morgan fingerprint density at radius 2 is 1.73 bits per heavy atom. The first-order valence-electron chi connectivity index (χ1n) is 9.34. The van der Waals surface area contributed by atoms with E-state index < -0.39 is 0 Å². The van der Waals surface area contributed by atoms with Crippen LogP contribution in [0.4, 0.5) is 11.4 Å². The molecule has 30 heavy (non-hydrogen) atoms. The fourth-order valence-corrected chi connectivity index (χ4v) is 3.49. The fraction of sp³-hybridized carbons (Fsp3) is 0.227. The smallest absolute Gasteiger partial charge is 0.228 e. The van der Waals surface area contributed by atoms with Crippen LogP contribution in [0.25, 0.3) is 5.69 Å². The first-order chi connectivity index (χ1) is 14.2. The Kier molecular flexibility index (Phi) is 6.48. The molecule has 0 spiro atoms. The number of carbonyl (C=O) groups excluding carboxylic acids is 2. The largest absolute Gasteiger partial charge is 0.326 e. The second-order valence-electron chi connectivity index (χ2n) is 7.10. The summed E-state index contributed by atoms with van der Waals surface area (Å²) in [7, 11) is 0. The van der Waals surface area contributed by atoms with E-state index in [2.05, 4.69) is 15.7 Å². The van der Waals surface area contributed by atoms with E-state index in [0.717, 1.165) is 28.2 Å². The van der Waals surface area contributed by atoms with Crippen molar-refractivity contribution in [3.8, 4) is 5.69 Å². The number of nitrogens with one attached hydrogen (secondary N) is 2. The summed E-state index contributed by atoms with van der Waals surface area (Å²) < 4.78 is 1.79. The molecule has 8 heteroatoms. The number of benzene rings is 2. The third-order valence-corrected chi connectivity index (χ3v) is 5.48. The molecule has 0 bridgehead atoms. The molecule has 0 atom stereocenters. The number of carbonyl (C=O) groups is 2. The van der Waals surface area contributed by atoms with E-state index in [1.54, 1.807) is 22.9 Å². The quantitative estimate of drug-likeness (QED) is 0.564. The highest BCUT2D eigenvalue weighted by Crippen LogP contribution is 2.27. The van der Waals surface area contributed by atoms with Gasteiger partial charge < -0.3 is 10.6 Å². The van der Waals surface area contributed by atoms with Crippen molar-refractivity contribution in [2.45, 2.75) is 34.1 Å². The van der Waals surface area contributed by atoms with Crippen molar-refractivity contribution >= 4 is 46.4 Å². The second-order valence-corrected chi connectivity index (χ2v) is 7.91. The van der Waals surface area contributed by atoms with Gasteiger partial charge in [-0.15, -0.1) is 0 Å². The summed E-state index contributed by atoms with van der Waals surface area (Å²) in [6.07, 6.45) is 0.137. The third kappa shape index (κ3) is 4.83. The minimum Gasteiger partial charge on any atom is -0.326 e. The zero-order valence-electron chi connectivity index (χ0n) is 17.1. The lowest BCUT2D eigenvalue weighted by molar-refractivity contribution is -0.116. The molecule has 1 aromatic heterocycles. The number of rotatable bonds is 5. The lowest BCUT2D eigenvalue weighted by Crippen LogP contribution is -2.16. The van der Waals surface area contributed by atoms with Crippen LogP contribution < -0.4 is 10.6 Å². The number of hydrogen-bond donors (Lipinski definition) is 2. The van der Waals surface area contributed by atoms with Gasteiger partial charge in [0, 0.05) is 28.9 Å². The summed E-state index contributed by atoms with van der Waals surface area (Å²) >= 11 is 12.5. The van der Waals surface area contributed by atoms with E-state index in [9.17, 15) is 9.59 Å². The summed E-state index contributed by atoms with van der Waals surface area (Å²) in [6.45, 7) is 7.14. The van der Waals surface area contributed by atoms with Gasteiger partial charge in [-0.05, 0) is 56.7 Å². The number of aromatic nitrogens is 2. The molecule has 0 aliphatic carbocycles. The van der Waals surface area contributed by atoms with Gasteiger partial charge in [-0.1, -0.05) is 29.3 Å². The molecule has 0 aliphatic rings. The van der Waals surface area contributed by atoms with Gasteiger partial charge in [-0.2, -0.15) is 5.10 Å². The van der Waals surface area contributed by atoms with Gasteiger partial charge in [0.1, 0.15) is 0 Å². The minimum atomic E-state index is -0.232. The van der Waals surface area contributed by atoms with Crippen molar-refractivity contribution in [3.05, 3.63) is 69.0 Å². The average molecular weight is 445 g/mol. The predicted molar refractivity (Wildman–Crippen MR) is 121 cm³/mol. The maximum absolute atomic E-state index is 12.7. The molecular weight excluding hydrogens is 423 g/mol. The molecule has 0 saturated carbocycles. The molecule has 2 amide bonds. The van der Waals surface area contributed by atoms with Crippen LogP contribution in [0.15, 0.2) is 36.4 Å². The Morgan fingerprint density at radius 1 is 1.00 bits per heavy atom. The molecular formula is C22H22Cl2N4O2. The van der Waals surface area contributed by atoms with Crippen molar-refractivity contribution in [1.82, 2.24) is 9.78 Å². The zero-order valence-corrected chi connectivity index (χ0v) is 18.6. The van der Waals surface area contributed by atoms with Gasteiger partial charge in [0.2, 0.25) is 11.8 Å². The number of nitrogens with zero attached hydrogens (tertiary/aromatic N) is 2. The van der Waals surface area contributed by atoms with Gasteiger partial charge in [0.25, 0.3) is 0 Å². The Bertz CT molecular complexity index is 1140. The molecule has 156 valence electrons. The number of hydrogen-bond acceptors (Lipinski definition) is 3. The SMILES string of the molecule is CC(=O)Nc1ccc(Cl)c(NC(=O)Cc2c(C)nn(-c3ccc(C)c(Cl)c3)c2C)c1. The molecule has 0 radical (unpaired) electrons. The van der Waals surface area contributed by atoms with Gasteiger partial charge in [-0.3, -0.25) is 9.59 Å². The minimum absolute atomic E-state index is 0.137.